The van der Waals surface area contributed by atoms with E-state index >= 15 is 0 Å². The number of halogens is 1. The fraction of sp³-hybridized carbons (Fsp3) is 0.412. The van der Waals surface area contributed by atoms with Gasteiger partial charge in [0.2, 0.25) is 0 Å². The third-order valence-electron chi connectivity index (χ3n) is 3.95. The van der Waals surface area contributed by atoms with Gasteiger partial charge >= 0.3 is 0 Å². The fourth-order valence-electron chi connectivity index (χ4n) is 2.60. The predicted octanol–water partition coefficient (Wildman–Crippen LogP) is 4.40. The van der Waals surface area contributed by atoms with Crippen molar-refractivity contribution in [3.8, 4) is 11.1 Å². The van der Waals surface area contributed by atoms with E-state index in [1.54, 1.807) is 10.9 Å². The van der Waals surface area contributed by atoms with Crippen molar-refractivity contribution < 1.29 is 4.74 Å². The van der Waals surface area contributed by atoms with Gasteiger partial charge in [0.15, 0.2) is 0 Å². The van der Waals surface area contributed by atoms with Crippen molar-refractivity contribution in [2.24, 2.45) is 7.05 Å². The lowest BCUT2D eigenvalue weighted by molar-refractivity contribution is 0.0899. The number of hydrogen-bond donors (Lipinski definition) is 0. The van der Waals surface area contributed by atoms with Crippen LogP contribution in [0.3, 0.4) is 0 Å². The summed E-state index contributed by atoms with van der Waals surface area (Å²) in [7, 11) is 0.820. The number of aryl methyl sites for hydroxylation is 1. The zero-order valence-corrected chi connectivity index (χ0v) is 16.3. The summed E-state index contributed by atoms with van der Waals surface area (Å²) in [4.78, 5) is 4.50. The summed E-state index contributed by atoms with van der Waals surface area (Å²) >= 11 is 6.44. The first kappa shape index (κ1) is 17.2. The van der Waals surface area contributed by atoms with Gasteiger partial charge in [0.1, 0.15) is 12.4 Å². The molecule has 128 valence electrons. The topological polar surface area (TPSA) is 44.9 Å². The van der Waals surface area contributed by atoms with Crippen molar-refractivity contribution in [2.75, 3.05) is 6.61 Å². The minimum absolute atomic E-state index is 0.481. The van der Waals surface area contributed by atoms with Crippen LogP contribution in [-0.4, -0.2) is 34.0 Å². The Morgan fingerprint density at radius 2 is 2.04 bits per heavy atom. The summed E-state index contributed by atoms with van der Waals surface area (Å²) in [5.41, 5.74) is 2.90. The Balaban J connectivity index is 1.90. The molecular weight excluding hydrogens is 340 g/mol. The van der Waals surface area contributed by atoms with Crippen LogP contribution in [0.15, 0.2) is 30.9 Å². The monoisotopic (exact) mass is 362 g/mol. The van der Waals surface area contributed by atoms with Crippen molar-refractivity contribution in [1.29, 1.82) is 0 Å². The summed E-state index contributed by atoms with van der Waals surface area (Å²) in [5.74, 6) is 0. The number of aromatic nitrogens is 4. The van der Waals surface area contributed by atoms with E-state index < -0.39 is 8.07 Å². The zero-order chi connectivity index (χ0) is 17.3. The van der Waals surface area contributed by atoms with Gasteiger partial charge in [-0.1, -0.05) is 31.2 Å². The van der Waals surface area contributed by atoms with Gasteiger partial charge in [-0.15, -0.1) is 0 Å². The van der Waals surface area contributed by atoms with E-state index in [1.807, 2.05) is 30.1 Å². The molecule has 0 radical (unpaired) electrons. The molecule has 0 N–H and O–H groups in total. The van der Waals surface area contributed by atoms with Crippen molar-refractivity contribution in [1.82, 2.24) is 19.3 Å². The normalized spacial score (nSPS) is 12.2. The number of ether oxygens (including phenoxy) is 1. The Bertz CT molecular complexity index is 850. The van der Waals surface area contributed by atoms with Gasteiger partial charge in [0, 0.05) is 56.8 Å². The van der Waals surface area contributed by atoms with E-state index in [0.29, 0.717) is 11.8 Å². The van der Waals surface area contributed by atoms with Gasteiger partial charge in [-0.05, 0) is 12.1 Å². The first-order chi connectivity index (χ1) is 11.3. The molecule has 3 aromatic heterocycles. The lowest BCUT2D eigenvalue weighted by atomic mass is 10.1. The SMILES string of the molecule is Cn1cc(-c2cn(COCC[Si](C)(C)C)c3nccc(Cl)c23)cn1. The lowest BCUT2D eigenvalue weighted by Crippen LogP contribution is -2.22. The molecule has 0 saturated carbocycles. The van der Waals surface area contributed by atoms with Gasteiger partial charge in [0.25, 0.3) is 0 Å². The van der Waals surface area contributed by atoms with Gasteiger partial charge in [-0.25, -0.2) is 4.98 Å². The highest BCUT2D eigenvalue weighted by molar-refractivity contribution is 6.76. The Labute approximate surface area is 148 Å². The van der Waals surface area contributed by atoms with E-state index in [2.05, 4.69) is 35.9 Å². The van der Waals surface area contributed by atoms with Crippen LogP contribution in [0.5, 0.6) is 0 Å². The largest absolute Gasteiger partial charge is 0.361 e. The number of rotatable bonds is 6. The second-order valence-corrected chi connectivity index (χ2v) is 13.3. The molecule has 0 fully saturated rings. The van der Waals surface area contributed by atoms with Gasteiger partial charge in [-0.2, -0.15) is 5.10 Å². The van der Waals surface area contributed by atoms with Crippen LogP contribution in [0.25, 0.3) is 22.2 Å². The maximum absolute atomic E-state index is 6.44. The Morgan fingerprint density at radius 3 is 2.71 bits per heavy atom. The van der Waals surface area contributed by atoms with E-state index in [-0.39, 0.29) is 0 Å². The van der Waals surface area contributed by atoms with Crippen LogP contribution < -0.4 is 0 Å². The van der Waals surface area contributed by atoms with Crippen LogP contribution in [0.1, 0.15) is 0 Å². The molecule has 3 aromatic rings. The molecule has 0 aliphatic carbocycles. The Morgan fingerprint density at radius 1 is 1.25 bits per heavy atom. The summed E-state index contributed by atoms with van der Waals surface area (Å²) < 4.78 is 9.70. The molecule has 3 rings (SSSR count). The van der Waals surface area contributed by atoms with Gasteiger partial charge < -0.3 is 9.30 Å². The number of nitrogens with zero attached hydrogens (tertiary/aromatic N) is 4. The first-order valence-electron chi connectivity index (χ1n) is 8.05. The molecule has 7 heteroatoms. The fourth-order valence-corrected chi connectivity index (χ4v) is 3.59. The third kappa shape index (κ3) is 3.71. The highest BCUT2D eigenvalue weighted by Gasteiger charge is 2.16. The minimum atomic E-state index is -1.08. The number of pyridine rings is 1. The minimum Gasteiger partial charge on any atom is -0.361 e. The molecular formula is C17H23ClN4OSi. The van der Waals surface area contributed by atoms with Crippen molar-refractivity contribution >= 4 is 30.7 Å². The lowest BCUT2D eigenvalue weighted by Gasteiger charge is -2.15. The van der Waals surface area contributed by atoms with E-state index in [1.165, 1.54) is 0 Å². The maximum Gasteiger partial charge on any atom is 0.143 e. The average molecular weight is 363 g/mol. The number of hydrogen-bond acceptors (Lipinski definition) is 3. The smallest absolute Gasteiger partial charge is 0.143 e. The summed E-state index contributed by atoms with van der Waals surface area (Å²) in [6.45, 7) is 8.31. The van der Waals surface area contributed by atoms with Crippen molar-refractivity contribution in [3.05, 3.63) is 35.9 Å². The van der Waals surface area contributed by atoms with E-state index in [4.69, 9.17) is 16.3 Å². The van der Waals surface area contributed by atoms with Crippen molar-refractivity contribution in [3.63, 3.8) is 0 Å². The van der Waals surface area contributed by atoms with Crippen LogP contribution in [0.2, 0.25) is 30.7 Å². The van der Waals surface area contributed by atoms with Gasteiger partial charge in [-0.3, -0.25) is 4.68 Å². The first-order valence-corrected chi connectivity index (χ1v) is 12.1. The number of fused-ring (bicyclic) bond motifs is 1. The molecule has 0 aliphatic rings. The van der Waals surface area contributed by atoms with Gasteiger partial charge in [0.05, 0.1) is 11.2 Å². The predicted molar refractivity (Wildman–Crippen MR) is 101 cm³/mol. The third-order valence-corrected chi connectivity index (χ3v) is 5.97. The van der Waals surface area contributed by atoms with Crippen LogP contribution in [0, 0.1) is 0 Å². The molecule has 0 unspecified atom stereocenters. The average Bonchev–Trinajstić information content (AvgIpc) is 3.07. The molecule has 0 atom stereocenters. The van der Waals surface area contributed by atoms with Crippen molar-refractivity contribution in [2.45, 2.75) is 32.4 Å². The Kier molecular flexibility index (Phi) is 4.80. The molecule has 0 aliphatic heterocycles. The molecule has 24 heavy (non-hydrogen) atoms. The molecule has 0 amide bonds. The maximum atomic E-state index is 6.44. The summed E-state index contributed by atoms with van der Waals surface area (Å²) in [6, 6.07) is 2.97. The standard InChI is InChI=1S/C17H23ClN4OSi/c1-21-10-13(9-20-21)14-11-22(12-23-7-8-24(2,3)4)17-16(14)15(18)5-6-19-17/h5-6,9-11H,7-8,12H2,1-4H3. The second-order valence-electron chi connectivity index (χ2n) is 7.25. The summed E-state index contributed by atoms with van der Waals surface area (Å²) in [5, 5.41) is 5.90. The Hall–Kier alpha value is -1.63. The molecule has 0 saturated heterocycles. The molecule has 3 heterocycles. The second kappa shape index (κ2) is 6.70. The highest BCUT2D eigenvalue weighted by atomic mass is 35.5. The molecule has 0 spiro atoms. The molecule has 0 bridgehead atoms. The van der Waals surface area contributed by atoms with Crippen LogP contribution in [0.4, 0.5) is 0 Å². The van der Waals surface area contributed by atoms with E-state index in [9.17, 15) is 0 Å². The molecule has 5 nitrogen and oxygen atoms in total. The van der Waals surface area contributed by atoms with E-state index in [0.717, 1.165) is 34.8 Å². The quantitative estimate of drug-likeness (QED) is 0.482. The molecule has 0 aromatic carbocycles. The highest BCUT2D eigenvalue weighted by Crippen LogP contribution is 2.34. The zero-order valence-electron chi connectivity index (χ0n) is 14.6. The van der Waals surface area contributed by atoms with Crippen LogP contribution in [-0.2, 0) is 18.5 Å². The van der Waals surface area contributed by atoms with Crippen LogP contribution >= 0.6 is 11.6 Å². The summed E-state index contributed by atoms with van der Waals surface area (Å²) in [6.07, 6.45) is 7.61.